The second-order valence-corrected chi connectivity index (χ2v) is 7.51. The molecule has 0 saturated heterocycles. The minimum absolute atomic E-state index is 0.103. The fraction of sp³-hybridized carbons (Fsp3) is 0.458. The third-order valence-electron chi connectivity index (χ3n) is 5.90. The summed E-state index contributed by atoms with van der Waals surface area (Å²) in [6.07, 6.45) is 4.02. The summed E-state index contributed by atoms with van der Waals surface area (Å²) in [6, 6.07) is 17.9. The predicted molar refractivity (Wildman–Crippen MR) is 115 cm³/mol. The number of nitrogens with one attached hydrogen (secondary N) is 1. The standard InChI is InChI=1S/C24H32N2O2/c1-3-26(4-2)18-19-28-22-14-12-21(13-15-22)25-23(27)24(16-8-9-17-24)20-10-6-5-7-11-20/h5-7,10-15H,3-4,8-9,16-19H2,1-2H3,(H,25,27). The molecule has 1 fully saturated rings. The summed E-state index contributed by atoms with van der Waals surface area (Å²) in [5.74, 6) is 0.940. The second kappa shape index (κ2) is 9.74. The van der Waals surface area contributed by atoms with Crippen molar-refractivity contribution in [3.05, 3.63) is 60.2 Å². The molecule has 1 aliphatic rings. The van der Waals surface area contributed by atoms with E-state index in [2.05, 4.69) is 36.2 Å². The number of ether oxygens (including phenoxy) is 1. The lowest BCUT2D eigenvalue weighted by Gasteiger charge is -2.28. The van der Waals surface area contributed by atoms with Crippen LogP contribution in [-0.4, -0.2) is 37.0 Å². The Kier molecular flexibility index (Phi) is 7.10. The van der Waals surface area contributed by atoms with Crippen LogP contribution in [0.4, 0.5) is 5.69 Å². The number of anilines is 1. The van der Waals surface area contributed by atoms with Crippen LogP contribution in [0.3, 0.4) is 0 Å². The first kappa shape index (κ1) is 20.4. The van der Waals surface area contributed by atoms with Crippen LogP contribution in [0.2, 0.25) is 0 Å². The minimum atomic E-state index is -0.403. The molecule has 0 bridgehead atoms. The lowest BCUT2D eigenvalue weighted by Crippen LogP contribution is -2.37. The molecule has 1 aliphatic carbocycles. The largest absolute Gasteiger partial charge is 0.492 e. The van der Waals surface area contributed by atoms with Gasteiger partial charge in [0.05, 0.1) is 5.41 Å². The molecule has 4 heteroatoms. The molecule has 0 spiro atoms. The van der Waals surface area contributed by atoms with Crippen molar-refractivity contribution in [2.45, 2.75) is 44.9 Å². The molecule has 0 aliphatic heterocycles. The number of hydrogen-bond acceptors (Lipinski definition) is 3. The third kappa shape index (κ3) is 4.74. The maximum absolute atomic E-state index is 13.2. The normalized spacial score (nSPS) is 15.5. The average Bonchev–Trinajstić information content (AvgIpc) is 3.24. The smallest absolute Gasteiger partial charge is 0.235 e. The molecule has 1 amide bonds. The van der Waals surface area contributed by atoms with Gasteiger partial charge in [0.2, 0.25) is 5.91 Å². The summed E-state index contributed by atoms with van der Waals surface area (Å²) >= 11 is 0. The van der Waals surface area contributed by atoms with Gasteiger partial charge in [0.25, 0.3) is 0 Å². The van der Waals surface area contributed by atoms with Crippen molar-refractivity contribution in [3.8, 4) is 5.75 Å². The molecular weight excluding hydrogens is 348 g/mol. The van der Waals surface area contributed by atoms with E-state index in [4.69, 9.17) is 4.74 Å². The van der Waals surface area contributed by atoms with E-state index < -0.39 is 5.41 Å². The summed E-state index contributed by atoms with van der Waals surface area (Å²) < 4.78 is 5.83. The molecule has 4 nitrogen and oxygen atoms in total. The first-order chi connectivity index (χ1) is 13.7. The van der Waals surface area contributed by atoms with Gasteiger partial charge in [-0.3, -0.25) is 4.79 Å². The van der Waals surface area contributed by atoms with E-state index >= 15 is 0 Å². The van der Waals surface area contributed by atoms with Crippen LogP contribution >= 0.6 is 0 Å². The summed E-state index contributed by atoms with van der Waals surface area (Å²) in [4.78, 5) is 15.5. The van der Waals surface area contributed by atoms with Crippen molar-refractivity contribution in [1.82, 2.24) is 4.90 Å². The molecular formula is C24H32N2O2. The fourth-order valence-electron chi connectivity index (χ4n) is 4.10. The molecule has 0 radical (unpaired) electrons. The quantitative estimate of drug-likeness (QED) is 0.676. The van der Waals surface area contributed by atoms with E-state index in [1.54, 1.807) is 0 Å². The van der Waals surface area contributed by atoms with E-state index in [-0.39, 0.29) is 5.91 Å². The number of nitrogens with zero attached hydrogens (tertiary/aromatic N) is 1. The number of carbonyl (C=O) groups is 1. The Balaban J connectivity index is 1.61. The van der Waals surface area contributed by atoms with Crippen molar-refractivity contribution >= 4 is 11.6 Å². The molecule has 150 valence electrons. The van der Waals surface area contributed by atoms with Gasteiger partial charge in [-0.2, -0.15) is 0 Å². The highest BCUT2D eigenvalue weighted by atomic mass is 16.5. The topological polar surface area (TPSA) is 41.6 Å². The molecule has 28 heavy (non-hydrogen) atoms. The summed E-state index contributed by atoms with van der Waals surface area (Å²) in [6.45, 7) is 7.98. The highest BCUT2D eigenvalue weighted by Crippen LogP contribution is 2.42. The molecule has 2 aromatic carbocycles. The van der Waals surface area contributed by atoms with Crippen LogP contribution in [-0.2, 0) is 10.2 Å². The van der Waals surface area contributed by atoms with Crippen molar-refractivity contribution in [2.24, 2.45) is 0 Å². The van der Waals surface area contributed by atoms with Crippen molar-refractivity contribution in [3.63, 3.8) is 0 Å². The molecule has 1 saturated carbocycles. The number of amides is 1. The Morgan fingerprint density at radius 2 is 1.64 bits per heavy atom. The number of carbonyl (C=O) groups excluding carboxylic acids is 1. The number of benzene rings is 2. The summed E-state index contributed by atoms with van der Waals surface area (Å²) in [7, 11) is 0. The second-order valence-electron chi connectivity index (χ2n) is 7.51. The monoisotopic (exact) mass is 380 g/mol. The Morgan fingerprint density at radius 3 is 2.25 bits per heavy atom. The molecule has 0 aromatic heterocycles. The van der Waals surface area contributed by atoms with Crippen LogP contribution in [0.1, 0.15) is 45.1 Å². The van der Waals surface area contributed by atoms with Gasteiger partial charge in [-0.05, 0) is 55.8 Å². The van der Waals surface area contributed by atoms with Gasteiger partial charge < -0.3 is 15.0 Å². The van der Waals surface area contributed by atoms with E-state index in [1.165, 1.54) is 0 Å². The van der Waals surface area contributed by atoms with Gasteiger partial charge in [-0.15, -0.1) is 0 Å². The Hall–Kier alpha value is -2.33. The lowest BCUT2D eigenvalue weighted by atomic mass is 9.78. The SMILES string of the molecule is CCN(CC)CCOc1ccc(NC(=O)C2(c3ccccc3)CCCC2)cc1. The first-order valence-corrected chi connectivity index (χ1v) is 10.5. The van der Waals surface area contributed by atoms with Crippen molar-refractivity contribution in [1.29, 1.82) is 0 Å². The van der Waals surface area contributed by atoms with Crippen LogP contribution in [0.15, 0.2) is 54.6 Å². The van der Waals surface area contributed by atoms with Gasteiger partial charge in [0, 0.05) is 12.2 Å². The zero-order valence-corrected chi connectivity index (χ0v) is 17.1. The Bertz CT molecular complexity index is 733. The zero-order chi connectivity index (χ0) is 19.8. The highest BCUT2D eigenvalue weighted by molar-refractivity contribution is 5.99. The first-order valence-electron chi connectivity index (χ1n) is 10.5. The Morgan fingerprint density at radius 1 is 1.00 bits per heavy atom. The molecule has 1 N–H and O–H groups in total. The van der Waals surface area contributed by atoms with Gasteiger partial charge >= 0.3 is 0 Å². The van der Waals surface area contributed by atoms with Gasteiger partial charge in [-0.1, -0.05) is 57.0 Å². The van der Waals surface area contributed by atoms with Crippen LogP contribution in [0, 0.1) is 0 Å². The third-order valence-corrected chi connectivity index (χ3v) is 5.90. The summed E-state index contributed by atoms with van der Waals surface area (Å²) in [5.41, 5.74) is 1.55. The predicted octanol–water partition coefficient (Wildman–Crippen LogP) is 4.86. The number of rotatable bonds is 9. The molecule has 0 atom stereocenters. The molecule has 0 heterocycles. The maximum atomic E-state index is 13.2. The maximum Gasteiger partial charge on any atom is 0.235 e. The minimum Gasteiger partial charge on any atom is -0.492 e. The van der Waals surface area contributed by atoms with Crippen molar-refractivity contribution in [2.75, 3.05) is 31.6 Å². The lowest BCUT2D eigenvalue weighted by molar-refractivity contribution is -0.121. The van der Waals surface area contributed by atoms with Crippen LogP contribution < -0.4 is 10.1 Å². The summed E-state index contributed by atoms with van der Waals surface area (Å²) in [5, 5.41) is 3.14. The Labute approximate surface area is 168 Å². The molecule has 2 aromatic rings. The van der Waals surface area contributed by atoms with Gasteiger partial charge in [0.15, 0.2) is 0 Å². The molecule has 0 unspecified atom stereocenters. The number of hydrogen-bond donors (Lipinski definition) is 1. The molecule has 3 rings (SSSR count). The van der Waals surface area contributed by atoms with Crippen molar-refractivity contribution < 1.29 is 9.53 Å². The average molecular weight is 381 g/mol. The van der Waals surface area contributed by atoms with E-state index in [1.807, 2.05) is 42.5 Å². The highest BCUT2D eigenvalue weighted by Gasteiger charge is 2.42. The van der Waals surface area contributed by atoms with Gasteiger partial charge in [-0.25, -0.2) is 0 Å². The van der Waals surface area contributed by atoms with Crippen LogP contribution in [0.25, 0.3) is 0 Å². The van der Waals surface area contributed by atoms with E-state index in [0.29, 0.717) is 6.61 Å². The zero-order valence-electron chi connectivity index (χ0n) is 17.1. The van der Waals surface area contributed by atoms with Gasteiger partial charge in [0.1, 0.15) is 12.4 Å². The van der Waals surface area contributed by atoms with E-state index in [9.17, 15) is 4.79 Å². The van der Waals surface area contributed by atoms with Crippen LogP contribution in [0.5, 0.6) is 5.75 Å². The fourth-order valence-corrected chi connectivity index (χ4v) is 4.10. The van der Waals surface area contributed by atoms with E-state index in [0.717, 1.165) is 62.3 Å². The number of likely N-dealkylation sites (N-methyl/N-ethyl adjacent to an activating group) is 1.